The van der Waals surface area contributed by atoms with E-state index >= 15 is 0 Å². The Labute approximate surface area is 184 Å². The van der Waals surface area contributed by atoms with Crippen molar-refractivity contribution in [2.45, 2.75) is 6.42 Å². The Morgan fingerprint density at radius 1 is 1.00 bits per heavy atom. The Bertz CT molecular complexity index is 1200. The third-order valence-corrected chi connectivity index (χ3v) is 6.40. The van der Waals surface area contributed by atoms with E-state index in [1.807, 2.05) is 30.6 Å². The zero-order valence-corrected chi connectivity index (χ0v) is 18.0. The van der Waals surface area contributed by atoms with Crippen molar-refractivity contribution >= 4 is 33.8 Å². The monoisotopic (exact) mass is 430 g/mol. The summed E-state index contributed by atoms with van der Waals surface area (Å²) < 4.78 is 0. The number of likely N-dealkylation sites (N-methyl/N-ethyl adjacent to an activating group) is 1. The summed E-state index contributed by atoms with van der Waals surface area (Å²) in [6, 6.07) is 7.82. The smallest absolute Gasteiger partial charge is 0.170 e. The lowest BCUT2D eigenvalue weighted by Crippen LogP contribution is -2.44. The van der Waals surface area contributed by atoms with Crippen LogP contribution in [0.2, 0.25) is 0 Å². The van der Waals surface area contributed by atoms with Crippen molar-refractivity contribution in [1.29, 1.82) is 0 Å². The molecule has 1 fully saturated rings. The molecule has 31 heavy (non-hydrogen) atoms. The van der Waals surface area contributed by atoms with Gasteiger partial charge in [-0.2, -0.15) is 0 Å². The summed E-state index contributed by atoms with van der Waals surface area (Å²) in [4.78, 5) is 36.0. The maximum atomic E-state index is 12.8. The summed E-state index contributed by atoms with van der Waals surface area (Å²) in [5.41, 5.74) is 4.96. The first-order valence-electron chi connectivity index (χ1n) is 10.2. The summed E-state index contributed by atoms with van der Waals surface area (Å²) in [5.74, 6) is 0.936. The van der Waals surface area contributed by atoms with E-state index in [0.29, 0.717) is 5.56 Å². The number of fused-ring (bicyclic) bond motifs is 1. The van der Waals surface area contributed by atoms with E-state index in [4.69, 9.17) is 0 Å². The Morgan fingerprint density at radius 2 is 1.87 bits per heavy atom. The van der Waals surface area contributed by atoms with Gasteiger partial charge in [-0.1, -0.05) is 0 Å². The van der Waals surface area contributed by atoms with Crippen molar-refractivity contribution in [3.8, 4) is 10.4 Å². The Morgan fingerprint density at radius 3 is 2.61 bits per heavy atom. The molecule has 0 aromatic carbocycles. The van der Waals surface area contributed by atoms with Crippen LogP contribution >= 0.6 is 11.3 Å². The van der Waals surface area contributed by atoms with Crippen LogP contribution in [0.25, 0.3) is 21.3 Å². The number of carbonyl (C=O) groups excluding carboxylic acids is 1. The third-order valence-electron chi connectivity index (χ3n) is 5.58. The molecule has 4 aromatic rings. The minimum absolute atomic E-state index is 0.0100. The number of piperazine rings is 1. The van der Waals surface area contributed by atoms with Gasteiger partial charge in [0.15, 0.2) is 5.78 Å². The van der Waals surface area contributed by atoms with Gasteiger partial charge in [0.25, 0.3) is 0 Å². The molecule has 1 saturated heterocycles. The minimum atomic E-state index is 0.0100. The van der Waals surface area contributed by atoms with Crippen LogP contribution in [-0.4, -0.2) is 63.8 Å². The number of aromatic nitrogens is 4. The van der Waals surface area contributed by atoms with E-state index in [1.165, 1.54) is 0 Å². The number of carbonyl (C=O) groups is 1. The fourth-order valence-corrected chi connectivity index (χ4v) is 4.31. The Hall–Kier alpha value is -3.23. The van der Waals surface area contributed by atoms with E-state index in [0.717, 1.165) is 59.0 Å². The fourth-order valence-electron chi connectivity index (χ4n) is 3.71. The van der Waals surface area contributed by atoms with Crippen molar-refractivity contribution in [3.05, 3.63) is 65.8 Å². The highest BCUT2D eigenvalue weighted by Crippen LogP contribution is 2.25. The number of anilines is 1. The molecule has 0 atom stereocenters. The maximum Gasteiger partial charge on any atom is 0.170 e. The van der Waals surface area contributed by atoms with Gasteiger partial charge in [-0.3, -0.25) is 19.7 Å². The van der Waals surface area contributed by atoms with Gasteiger partial charge < -0.3 is 9.80 Å². The van der Waals surface area contributed by atoms with Crippen LogP contribution in [0.5, 0.6) is 0 Å². The third kappa shape index (κ3) is 4.30. The van der Waals surface area contributed by atoms with Gasteiger partial charge in [0.1, 0.15) is 5.82 Å². The van der Waals surface area contributed by atoms with Crippen molar-refractivity contribution < 1.29 is 4.79 Å². The molecular weight excluding hydrogens is 408 g/mol. The quantitative estimate of drug-likeness (QED) is 0.450. The molecule has 7 nitrogen and oxygen atoms in total. The average Bonchev–Trinajstić information content (AvgIpc) is 3.34. The van der Waals surface area contributed by atoms with Crippen molar-refractivity contribution in [2.24, 2.45) is 0 Å². The van der Waals surface area contributed by atoms with Gasteiger partial charge >= 0.3 is 0 Å². The maximum absolute atomic E-state index is 12.8. The molecule has 0 aliphatic carbocycles. The molecule has 5 rings (SSSR count). The molecule has 0 radical (unpaired) electrons. The lowest BCUT2D eigenvalue weighted by Gasteiger charge is -2.33. The van der Waals surface area contributed by atoms with Gasteiger partial charge in [0, 0.05) is 67.0 Å². The van der Waals surface area contributed by atoms with Crippen molar-refractivity contribution in [3.63, 3.8) is 0 Å². The predicted octanol–water partition coefficient (Wildman–Crippen LogP) is 3.33. The van der Waals surface area contributed by atoms with E-state index in [1.54, 1.807) is 29.2 Å². The summed E-state index contributed by atoms with van der Waals surface area (Å²) in [5, 5.41) is 0.965. The number of rotatable bonds is 5. The van der Waals surface area contributed by atoms with Gasteiger partial charge in [-0.05, 0) is 31.3 Å². The van der Waals surface area contributed by atoms with Crippen LogP contribution < -0.4 is 4.90 Å². The van der Waals surface area contributed by atoms with E-state index in [2.05, 4.69) is 42.8 Å². The normalized spacial score (nSPS) is 14.8. The highest BCUT2D eigenvalue weighted by atomic mass is 32.1. The average molecular weight is 431 g/mol. The lowest BCUT2D eigenvalue weighted by molar-refractivity contribution is 0.0991. The van der Waals surface area contributed by atoms with Gasteiger partial charge in [0.2, 0.25) is 0 Å². The largest absolute Gasteiger partial charge is 0.354 e. The van der Waals surface area contributed by atoms with Gasteiger partial charge in [-0.15, -0.1) is 11.3 Å². The molecule has 5 heterocycles. The SMILES string of the molecule is CN1CCN(c2ccc(C(=O)Cc3cc4cc(-c5cncs5)cnc4cn3)cn2)CC1. The molecule has 1 aliphatic heterocycles. The van der Waals surface area contributed by atoms with E-state index in [9.17, 15) is 4.79 Å². The molecule has 1 aliphatic rings. The molecule has 0 saturated carbocycles. The molecule has 0 bridgehead atoms. The Balaban J connectivity index is 1.31. The standard InChI is InChI=1S/C23H22N6OS/c1-28-4-6-29(7-5-28)23-3-2-16(11-27-23)21(30)10-19-9-17-8-18(22-14-24-15-31-22)12-26-20(17)13-25-19/h2-3,8-9,11-15H,4-7,10H2,1H3. The first kappa shape index (κ1) is 19.7. The molecule has 0 amide bonds. The zero-order chi connectivity index (χ0) is 21.2. The molecular formula is C23H22N6OS. The molecule has 0 N–H and O–H groups in total. The molecule has 156 valence electrons. The Kier molecular flexibility index (Phi) is 5.40. The molecule has 0 unspecified atom stereocenters. The number of Topliss-reactive ketones (excluding diaryl/α,β-unsaturated/α-hetero) is 1. The number of thiazole rings is 1. The molecule has 0 spiro atoms. The first-order valence-corrected chi connectivity index (χ1v) is 11.1. The second-order valence-corrected chi connectivity index (χ2v) is 8.64. The topological polar surface area (TPSA) is 75.1 Å². The number of hydrogen-bond donors (Lipinski definition) is 0. The van der Waals surface area contributed by atoms with E-state index < -0.39 is 0 Å². The second kappa shape index (κ2) is 8.49. The number of hydrogen-bond acceptors (Lipinski definition) is 8. The number of pyridine rings is 3. The van der Waals surface area contributed by atoms with Crippen LogP contribution in [0.4, 0.5) is 5.82 Å². The second-order valence-electron chi connectivity index (χ2n) is 7.75. The van der Waals surface area contributed by atoms with Crippen molar-refractivity contribution in [1.82, 2.24) is 24.8 Å². The van der Waals surface area contributed by atoms with Crippen LogP contribution in [0.15, 0.2) is 54.6 Å². The van der Waals surface area contributed by atoms with Crippen LogP contribution in [-0.2, 0) is 6.42 Å². The van der Waals surface area contributed by atoms with Crippen molar-refractivity contribution in [2.75, 3.05) is 38.1 Å². The first-order chi connectivity index (χ1) is 15.2. The van der Waals surface area contributed by atoms with E-state index in [-0.39, 0.29) is 12.2 Å². The summed E-state index contributed by atoms with van der Waals surface area (Å²) in [6.07, 6.45) is 7.30. The van der Waals surface area contributed by atoms with Crippen LogP contribution in [0.1, 0.15) is 16.1 Å². The molecule has 4 aromatic heterocycles. The summed E-state index contributed by atoms with van der Waals surface area (Å²) in [6.45, 7) is 3.95. The van der Waals surface area contributed by atoms with Gasteiger partial charge in [0.05, 0.1) is 28.5 Å². The summed E-state index contributed by atoms with van der Waals surface area (Å²) >= 11 is 1.57. The number of nitrogens with zero attached hydrogens (tertiary/aromatic N) is 6. The highest BCUT2D eigenvalue weighted by molar-refractivity contribution is 7.13. The zero-order valence-electron chi connectivity index (χ0n) is 17.2. The van der Waals surface area contributed by atoms with Crippen LogP contribution in [0, 0.1) is 0 Å². The predicted molar refractivity (Wildman–Crippen MR) is 123 cm³/mol. The van der Waals surface area contributed by atoms with Crippen LogP contribution in [0.3, 0.4) is 0 Å². The number of ketones is 1. The van der Waals surface area contributed by atoms with Gasteiger partial charge in [-0.25, -0.2) is 4.98 Å². The summed E-state index contributed by atoms with van der Waals surface area (Å²) in [7, 11) is 2.13. The highest BCUT2D eigenvalue weighted by Gasteiger charge is 2.16. The minimum Gasteiger partial charge on any atom is -0.354 e. The fraction of sp³-hybridized carbons (Fsp3) is 0.261. The lowest BCUT2D eigenvalue weighted by atomic mass is 10.1. The molecule has 8 heteroatoms.